The molecular formula is C15H17BrClN3O2. The predicted octanol–water partition coefficient (Wildman–Crippen LogP) is 2.18. The summed E-state index contributed by atoms with van der Waals surface area (Å²) < 4.78 is 0.855. The van der Waals surface area contributed by atoms with Gasteiger partial charge < -0.3 is 16.0 Å². The zero-order chi connectivity index (χ0) is 15.0. The molecule has 118 valence electrons. The van der Waals surface area contributed by atoms with Crippen molar-refractivity contribution in [3.8, 4) is 0 Å². The largest absolute Gasteiger partial charge is 0.348 e. The predicted molar refractivity (Wildman–Crippen MR) is 92.5 cm³/mol. The maximum absolute atomic E-state index is 12.5. The first kappa shape index (κ1) is 17.0. The summed E-state index contributed by atoms with van der Waals surface area (Å²) in [7, 11) is 0. The van der Waals surface area contributed by atoms with Gasteiger partial charge in [-0.1, -0.05) is 15.9 Å². The number of carbonyl (C=O) groups is 1. The van der Waals surface area contributed by atoms with Gasteiger partial charge in [-0.15, -0.1) is 12.4 Å². The zero-order valence-corrected chi connectivity index (χ0v) is 14.2. The van der Waals surface area contributed by atoms with Gasteiger partial charge in [0.2, 0.25) is 5.56 Å². The average Bonchev–Trinajstić information content (AvgIpc) is 3.28. The van der Waals surface area contributed by atoms with E-state index < -0.39 is 0 Å². The van der Waals surface area contributed by atoms with E-state index in [0.717, 1.165) is 17.3 Å². The molecule has 1 aromatic carbocycles. The van der Waals surface area contributed by atoms with E-state index in [1.165, 1.54) is 6.07 Å². The van der Waals surface area contributed by atoms with Crippen LogP contribution in [0.2, 0.25) is 0 Å². The van der Waals surface area contributed by atoms with E-state index in [4.69, 9.17) is 5.73 Å². The lowest BCUT2D eigenvalue weighted by atomic mass is 10.1. The molecule has 0 saturated heterocycles. The fourth-order valence-corrected chi connectivity index (χ4v) is 2.89. The second kappa shape index (κ2) is 6.81. The van der Waals surface area contributed by atoms with Gasteiger partial charge in [0.1, 0.15) is 0 Å². The van der Waals surface area contributed by atoms with E-state index in [0.29, 0.717) is 28.9 Å². The van der Waals surface area contributed by atoms with Gasteiger partial charge in [0.05, 0.1) is 5.56 Å². The highest BCUT2D eigenvalue weighted by Gasteiger charge is 2.31. The van der Waals surface area contributed by atoms with Crippen LogP contribution in [0.1, 0.15) is 23.2 Å². The minimum Gasteiger partial charge on any atom is -0.348 e. The molecule has 3 rings (SSSR count). The molecule has 0 bridgehead atoms. The number of nitrogens with two attached hydrogens (primary N) is 1. The molecular weight excluding hydrogens is 370 g/mol. The van der Waals surface area contributed by atoms with Crippen molar-refractivity contribution in [1.29, 1.82) is 0 Å². The van der Waals surface area contributed by atoms with Gasteiger partial charge in [-0.05, 0) is 37.0 Å². The van der Waals surface area contributed by atoms with Gasteiger partial charge >= 0.3 is 0 Å². The lowest BCUT2D eigenvalue weighted by Crippen LogP contribution is -2.42. The number of carbonyl (C=O) groups excluding carboxylic acids is 1. The SMILES string of the molecule is Cl.NCC(NC(=O)c1cc(=O)[nH]c2ccc(Br)cc12)C1CC1. The highest BCUT2D eigenvalue weighted by molar-refractivity contribution is 9.10. The van der Waals surface area contributed by atoms with Gasteiger partial charge in [0.15, 0.2) is 0 Å². The third kappa shape index (κ3) is 3.51. The van der Waals surface area contributed by atoms with Crippen molar-refractivity contribution in [2.75, 3.05) is 6.54 Å². The number of amides is 1. The third-order valence-electron chi connectivity index (χ3n) is 3.81. The molecule has 0 spiro atoms. The molecule has 1 heterocycles. The van der Waals surface area contributed by atoms with E-state index in [2.05, 4.69) is 26.2 Å². The van der Waals surface area contributed by atoms with Gasteiger partial charge in [-0.2, -0.15) is 0 Å². The summed E-state index contributed by atoms with van der Waals surface area (Å²) in [6, 6.07) is 6.75. The Morgan fingerprint density at radius 2 is 2.14 bits per heavy atom. The molecule has 1 aromatic heterocycles. The number of hydrogen-bond acceptors (Lipinski definition) is 3. The number of fused-ring (bicyclic) bond motifs is 1. The second-order valence-corrected chi connectivity index (χ2v) is 6.31. The van der Waals surface area contributed by atoms with Crippen LogP contribution in [0.15, 0.2) is 33.5 Å². The van der Waals surface area contributed by atoms with Crippen LogP contribution < -0.4 is 16.6 Å². The summed E-state index contributed by atoms with van der Waals surface area (Å²) in [5.41, 5.74) is 6.46. The maximum atomic E-state index is 12.5. The van der Waals surface area contributed by atoms with Crippen LogP contribution in [-0.2, 0) is 0 Å². The fourth-order valence-electron chi connectivity index (χ4n) is 2.53. The van der Waals surface area contributed by atoms with Crippen LogP contribution in [0.4, 0.5) is 0 Å². The third-order valence-corrected chi connectivity index (χ3v) is 4.30. The molecule has 1 unspecified atom stereocenters. The molecule has 2 aromatic rings. The van der Waals surface area contributed by atoms with Crippen molar-refractivity contribution < 1.29 is 4.79 Å². The van der Waals surface area contributed by atoms with Crippen LogP contribution in [0.3, 0.4) is 0 Å². The Morgan fingerprint density at radius 3 is 2.77 bits per heavy atom. The van der Waals surface area contributed by atoms with Crippen molar-refractivity contribution in [3.05, 3.63) is 44.7 Å². The summed E-state index contributed by atoms with van der Waals surface area (Å²) in [6.07, 6.45) is 2.20. The first-order valence-corrected chi connectivity index (χ1v) is 7.71. The summed E-state index contributed by atoms with van der Waals surface area (Å²) in [6.45, 7) is 0.418. The standard InChI is InChI=1S/C15H16BrN3O2.ClH/c16-9-3-4-12-10(5-9)11(6-14(20)18-12)15(21)19-13(7-17)8-1-2-8;/h3-6,8,13H,1-2,7,17H2,(H,18,20)(H,19,21);1H. The highest BCUT2D eigenvalue weighted by atomic mass is 79.9. The van der Waals surface area contributed by atoms with Crippen LogP contribution in [0.5, 0.6) is 0 Å². The summed E-state index contributed by atoms with van der Waals surface area (Å²) in [5.74, 6) is 0.227. The molecule has 1 aliphatic carbocycles. The summed E-state index contributed by atoms with van der Waals surface area (Å²) in [4.78, 5) is 26.9. The van der Waals surface area contributed by atoms with Crippen LogP contribution >= 0.6 is 28.3 Å². The molecule has 0 aliphatic heterocycles. The first-order valence-electron chi connectivity index (χ1n) is 6.92. The van der Waals surface area contributed by atoms with E-state index >= 15 is 0 Å². The van der Waals surface area contributed by atoms with E-state index in [1.54, 1.807) is 6.07 Å². The van der Waals surface area contributed by atoms with Gasteiger partial charge in [0, 0.05) is 34.0 Å². The number of halogens is 2. The normalized spacial score (nSPS) is 15.2. The zero-order valence-electron chi connectivity index (χ0n) is 11.8. The molecule has 1 amide bonds. The molecule has 7 heteroatoms. The van der Waals surface area contributed by atoms with Gasteiger partial charge in [-0.25, -0.2) is 0 Å². The Bertz CT molecular complexity index is 758. The minimum absolute atomic E-state index is 0. The minimum atomic E-state index is -0.286. The first-order chi connectivity index (χ1) is 10.1. The summed E-state index contributed by atoms with van der Waals surface area (Å²) >= 11 is 3.39. The van der Waals surface area contributed by atoms with Crippen molar-refractivity contribution in [3.63, 3.8) is 0 Å². The van der Waals surface area contributed by atoms with E-state index in [1.807, 2.05) is 12.1 Å². The smallest absolute Gasteiger partial charge is 0.252 e. The van der Waals surface area contributed by atoms with Crippen molar-refractivity contribution >= 4 is 45.1 Å². The molecule has 22 heavy (non-hydrogen) atoms. The molecule has 1 saturated carbocycles. The number of benzene rings is 1. The number of aromatic amines is 1. The van der Waals surface area contributed by atoms with Gasteiger partial charge in [0.25, 0.3) is 5.91 Å². The highest BCUT2D eigenvalue weighted by Crippen LogP contribution is 2.32. The van der Waals surface area contributed by atoms with E-state index in [9.17, 15) is 9.59 Å². The summed E-state index contributed by atoms with van der Waals surface area (Å²) in [5, 5.41) is 3.67. The number of nitrogens with one attached hydrogen (secondary N) is 2. The topological polar surface area (TPSA) is 88.0 Å². The molecule has 4 N–H and O–H groups in total. The van der Waals surface area contributed by atoms with Crippen molar-refractivity contribution in [2.45, 2.75) is 18.9 Å². The molecule has 0 radical (unpaired) electrons. The Hall–Kier alpha value is -1.37. The van der Waals surface area contributed by atoms with Crippen molar-refractivity contribution in [1.82, 2.24) is 10.3 Å². The van der Waals surface area contributed by atoms with Crippen molar-refractivity contribution in [2.24, 2.45) is 11.7 Å². The Balaban J connectivity index is 0.00000176. The number of pyridine rings is 1. The maximum Gasteiger partial charge on any atom is 0.252 e. The Kier molecular flexibility index (Phi) is 5.26. The van der Waals surface area contributed by atoms with Crippen LogP contribution in [-0.4, -0.2) is 23.5 Å². The molecule has 1 aliphatic rings. The van der Waals surface area contributed by atoms with Gasteiger partial charge in [-0.3, -0.25) is 9.59 Å². The second-order valence-electron chi connectivity index (χ2n) is 5.39. The lowest BCUT2D eigenvalue weighted by molar-refractivity contribution is 0.0935. The number of hydrogen-bond donors (Lipinski definition) is 3. The average molecular weight is 387 g/mol. The molecule has 5 nitrogen and oxygen atoms in total. The molecule has 1 fully saturated rings. The quantitative estimate of drug-likeness (QED) is 0.752. The Labute approximate surface area is 142 Å². The lowest BCUT2D eigenvalue weighted by Gasteiger charge is -2.16. The molecule has 1 atom stereocenters. The monoisotopic (exact) mass is 385 g/mol. The van der Waals surface area contributed by atoms with Crippen LogP contribution in [0, 0.1) is 5.92 Å². The van der Waals surface area contributed by atoms with E-state index in [-0.39, 0.29) is 29.9 Å². The number of H-pyrrole nitrogens is 1. The number of aromatic nitrogens is 1. The fraction of sp³-hybridized carbons (Fsp3) is 0.333. The van der Waals surface area contributed by atoms with Crippen LogP contribution in [0.25, 0.3) is 10.9 Å². The Morgan fingerprint density at radius 1 is 1.41 bits per heavy atom. The number of rotatable bonds is 4.